The van der Waals surface area contributed by atoms with Crippen molar-refractivity contribution in [3.8, 4) is 0 Å². The number of benzene rings is 1. The number of carbonyl (C=O) groups excluding carboxylic acids is 1. The third-order valence-corrected chi connectivity index (χ3v) is 1.50. The normalized spacial score (nSPS) is 12.0. The summed E-state index contributed by atoms with van der Waals surface area (Å²) >= 11 is 0. The van der Waals surface area contributed by atoms with Crippen LogP contribution in [0.2, 0.25) is 0 Å². The molecule has 0 aliphatic heterocycles. The first kappa shape index (κ1) is 11.4. The third kappa shape index (κ3) is 3.49. The lowest BCUT2D eigenvalue weighted by Crippen LogP contribution is -2.03. The van der Waals surface area contributed by atoms with Gasteiger partial charge in [-0.25, -0.2) is 0 Å². The maximum absolute atomic E-state index is 12.1. The smallest absolute Gasteiger partial charge is 0.271 e. The van der Waals surface area contributed by atoms with E-state index in [1.54, 1.807) is 0 Å². The van der Waals surface area contributed by atoms with Crippen LogP contribution >= 0.6 is 0 Å². The Morgan fingerprint density at radius 3 is 2.13 bits per heavy atom. The minimum Gasteiger partial charge on any atom is -0.271 e. The molecule has 1 aromatic rings. The molecule has 6 heteroatoms. The number of nitrogens with zero attached hydrogens (tertiary/aromatic N) is 2. The van der Waals surface area contributed by atoms with E-state index in [1.807, 2.05) is 0 Å². The lowest BCUT2D eigenvalue weighted by molar-refractivity contribution is -0.137. The van der Waals surface area contributed by atoms with E-state index in [1.165, 1.54) is 6.92 Å². The molecule has 0 N–H and O–H groups in total. The van der Waals surface area contributed by atoms with E-state index >= 15 is 0 Å². The number of alkyl halides is 3. The molecule has 0 saturated heterocycles. The quantitative estimate of drug-likeness (QED) is 0.664. The van der Waals surface area contributed by atoms with Crippen LogP contribution in [0.3, 0.4) is 0 Å². The Hall–Kier alpha value is -1.72. The predicted octanol–water partition coefficient (Wildman–Crippen LogP) is 3.34. The summed E-state index contributed by atoms with van der Waals surface area (Å²) in [4.78, 5) is 10.4. The Bertz CT molecular complexity index is 381. The molecule has 0 bridgehead atoms. The van der Waals surface area contributed by atoms with Crippen LogP contribution in [-0.2, 0) is 11.0 Å². The van der Waals surface area contributed by atoms with Crippen molar-refractivity contribution in [2.45, 2.75) is 13.1 Å². The van der Waals surface area contributed by atoms with E-state index in [0.717, 1.165) is 24.3 Å². The van der Waals surface area contributed by atoms with Gasteiger partial charge in [0.05, 0.1) is 11.3 Å². The Morgan fingerprint density at radius 2 is 1.73 bits per heavy atom. The van der Waals surface area contributed by atoms with Gasteiger partial charge in [0.1, 0.15) is 0 Å². The van der Waals surface area contributed by atoms with Crippen LogP contribution in [0.1, 0.15) is 12.5 Å². The fraction of sp³-hybridized carbons (Fsp3) is 0.222. The summed E-state index contributed by atoms with van der Waals surface area (Å²) in [6.45, 7) is 1.20. The van der Waals surface area contributed by atoms with Crippen molar-refractivity contribution in [2.75, 3.05) is 0 Å². The number of halogens is 3. The Kier molecular flexibility index (Phi) is 3.18. The standard InChI is InChI=1S/C9H7F3N2O/c1-6(15)13-14-8-4-2-7(3-5-8)9(10,11)12/h2-5H,1H3. The van der Waals surface area contributed by atoms with Crippen LogP contribution in [0.5, 0.6) is 0 Å². The first-order chi connectivity index (χ1) is 6.89. The Morgan fingerprint density at radius 1 is 1.20 bits per heavy atom. The summed E-state index contributed by atoms with van der Waals surface area (Å²) in [6.07, 6.45) is -4.36. The highest BCUT2D eigenvalue weighted by Crippen LogP contribution is 2.30. The van der Waals surface area contributed by atoms with Crippen molar-refractivity contribution in [3.05, 3.63) is 29.8 Å². The van der Waals surface area contributed by atoms with Crippen molar-refractivity contribution in [3.63, 3.8) is 0 Å². The topological polar surface area (TPSA) is 41.8 Å². The summed E-state index contributed by atoms with van der Waals surface area (Å²) in [6, 6.07) is 4.06. The third-order valence-electron chi connectivity index (χ3n) is 1.50. The first-order valence-electron chi connectivity index (χ1n) is 3.99. The zero-order chi connectivity index (χ0) is 11.5. The summed E-state index contributed by atoms with van der Waals surface area (Å²) in [5, 5.41) is 6.63. The molecule has 80 valence electrons. The van der Waals surface area contributed by atoms with Crippen molar-refractivity contribution < 1.29 is 18.0 Å². The van der Waals surface area contributed by atoms with Crippen LogP contribution in [0.15, 0.2) is 34.5 Å². The summed E-state index contributed by atoms with van der Waals surface area (Å²) in [5.74, 6) is -0.505. The van der Waals surface area contributed by atoms with Gasteiger partial charge in [-0.3, -0.25) is 4.79 Å². The fourth-order valence-electron chi connectivity index (χ4n) is 0.845. The SMILES string of the molecule is CC(=O)N=Nc1ccc(C(F)(F)F)cc1. The molecule has 1 rings (SSSR count). The molecule has 0 aliphatic carbocycles. The van der Waals surface area contributed by atoms with E-state index < -0.39 is 17.6 Å². The van der Waals surface area contributed by atoms with Gasteiger partial charge in [0.15, 0.2) is 0 Å². The molecule has 0 saturated carbocycles. The van der Waals surface area contributed by atoms with Crippen LogP contribution in [0.4, 0.5) is 18.9 Å². The molecule has 0 heterocycles. The van der Waals surface area contributed by atoms with Crippen LogP contribution < -0.4 is 0 Å². The zero-order valence-corrected chi connectivity index (χ0v) is 7.75. The van der Waals surface area contributed by atoms with Gasteiger partial charge < -0.3 is 0 Å². The lowest BCUT2D eigenvalue weighted by atomic mass is 10.2. The summed E-state index contributed by atoms with van der Waals surface area (Å²) < 4.78 is 36.4. The number of hydrogen-bond acceptors (Lipinski definition) is 2. The number of rotatable bonds is 1. The average molecular weight is 216 g/mol. The van der Waals surface area contributed by atoms with Crippen LogP contribution in [0.25, 0.3) is 0 Å². The largest absolute Gasteiger partial charge is 0.416 e. The molecular formula is C9H7F3N2O. The number of amides is 1. The number of azo groups is 1. The maximum atomic E-state index is 12.1. The van der Waals surface area contributed by atoms with Crippen molar-refractivity contribution in [1.82, 2.24) is 0 Å². The van der Waals surface area contributed by atoms with Crippen molar-refractivity contribution >= 4 is 11.6 Å². The second-order valence-corrected chi connectivity index (χ2v) is 2.76. The Labute approximate surface area is 83.6 Å². The summed E-state index contributed by atoms with van der Waals surface area (Å²) in [5.41, 5.74) is -0.553. The minimum atomic E-state index is -4.36. The van der Waals surface area contributed by atoms with Gasteiger partial charge in [0, 0.05) is 6.92 Å². The van der Waals surface area contributed by atoms with Crippen molar-refractivity contribution in [2.24, 2.45) is 10.2 Å². The number of hydrogen-bond donors (Lipinski definition) is 0. The molecule has 0 atom stereocenters. The zero-order valence-electron chi connectivity index (χ0n) is 7.75. The average Bonchev–Trinajstić information content (AvgIpc) is 2.14. The van der Waals surface area contributed by atoms with E-state index in [9.17, 15) is 18.0 Å². The van der Waals surface area contributed by atoms with E-state index in [-0.39, 0.29) is 5.69 Å². The van der Waals surface area contributed by atoms with Gasteiger partial charge in [-0.15, -0.1) is 10.2 Å². The fourth-order valence-corrected chi connectivity index (χ4v) is 0.845. The van der Waals surface area contributed by atoms with E-state index in [4.69, 9.17) is 0 Å². The molecule has 1 amide bonds. The molecule has 0 aliphatic rings. The molecule has 0 radical (unpaired) electrons. The first-order valence-corrected chi connectivity index (χ1v) is 3.99. The Balaban J connectivity index is 2.86. The molecule has 0 fully saturated rings. The second-order valence-electron chi connectivity index (χ2n) is 2.76. The van der Waals surface area contributed by atoms with Gasteiger partial charge >= 0.3 is 6.18 Å². The highest BCUT2D eigenvalue weighted by molar-refractivity contribution is 5.73. The molecule has 3 nitrogen and oxygen atoms in total. The monoisotopic (exact) mass is 216 g/mol. The lowest BCUT2D eigenvalue weighted by Gasteiger charge is -2.05. The maximum Gasteiger partial charge on any atom is 0.416 e. The molecular weight excluding hydrogens is 209 g/mol. The van der Waals surface area contributed by atoms with Crippen LogP contribution in [-0.4, -0.2) is 5.91 Å². The molecule has 0 aromatic heterocycles. The van der Waals surface area contributed by atoms with Gasteiger partial charge in [-0.05, 0) is 24.3 Å². The van der Waals surface area contributed by atoms with Gasteiger partial charge in [-0.2, -0.15) is 13.2 Å². The second kappa shape index (κ2) is 4.20. The van der Waals surface area contributed by atoms with Gasteiger partial charge in [0.25, 0.3) is 5.91 Å². The predicted molar refractivity (Wildman–Crippen MR) is 46.6 cm³/mol. The number of carbonyl (C=O) groups is 1. The van der Waals surface area contributed by atoms with Gasteiger partial charge in [0.2, 0.25) is 0 Å². The molecule has 0 unspecified atom stereocenters. The van der Waals surface area contributed by atoms with E-state index in [2.05, 4.69) is 10.2 Å². The summed E-state index contributed by atoms with van der Waals surface area (Å²) in [7, 11) is 0. The van der Waals surface area contributed by atoms with Gasteiger partial charge in [-0.1, -0.05) is 0 Å². The highest BCUT2D eigenvalue weighted by atomic mass is 19.4. The minimum absolute atomic E-state index is 0.207. The highest BCUT2D eigenvalue weighted by Gasteiger charge is 2.29. The molecule has 1 aromatic carbocycles. The molecule has 15 heavy (non-hydrogen) atoms. The van der Waals surface area contributed by atoms with E-state index in [0.29, 0.717) is 0 Å². The van der Waals surface area contributed by atoms with Crippen LogP contribution in [0, 0.1) is 0 Å². The molecule has 0 spiro atoms. The van der Waals surface area contributed by atoms with Crippen molar-refractivity contribution in [1.29, 1.82) is 0 Å².